The van der Waals surface area contributed by atoms with Crippen molar-refractivity contribution >= 4 is 27.8 Å². The van der Waals surface area contributed by atoms with Gasteiger partial charge in [-0.3, -0.25) is 4.79 Å². The number of benzene rings is 1. The molecule has 0 aromatic heterocycles. The number of hydrogen-bond donors (Lipinski definition) is 1. The molecule has 21 heavy (non-hydrogen) atoms. The Morgan fingerprint density at radius 1 is 1.19 bits per heavy atom. The van der Waals surface area contributed by atoms with Gasteiger partial charge in [0, 0.05) is 23.0 Å². The summed E-state index contributed by atoms with van der Waals surface area (Å²) in [5.74, 6) is 0.111. The molecule has 1 aromatic rings. The second-order valence-electron chi connectivity index (χ2n) is 5.79. The maximum atomic E-state index is 12.0. The average molecular weight is 356 g/mol. The van der Waals surface area contributed by atoms with Gasteiger partial charge in [0.05, 0.1) is 0 Å². The maximum Gasteiger partial charge on any atom is 0.407 e. The van der Waals surface area contributed by atoms with E-state index in [0.29, 0.717) is 18.5 Å². The van der Waals surface area contributed by atoms with Gasteiger partial charge in [-0.05, 0) is 39.7 Å². The molecule has 0 bridgehead atoms. The van der Waals surface area contributed by atoms with E-state index in [2.05, 4.69) is 21.2 Å². The molecule has 0 heterocycles. The van der Waals surface area contributed by atoms with E-state index in [4.69, 9.17) is 4.74 Å². The molecule has 0 saturated carbocycles. The van der Waals surface area contributed by atoms with Crippen LogP contribution in [0.2, 0.25) is 0 Å². The Bertz CT molecular complexity index is 495. The topological polar surface area (TPSA) is 55.4 Å². The normalized spacial score (nSPS) is 11.0. The Labute approximate surface area is 134 Å². The Morgan fingerprint density at radius 3 is 2.48 bits per heavy atom. The maximum absolute atomic E-state index is 12.0. The highest BCUT2D eigenvalue weighted by Crippen LogP contribution is 2.18. The summed E-state index contributed by atoms with van der Waals surface area (Å²) in [6.45, 7) is 5.98. The smallest absolute Gasteiger partial charge is 0.407 e. The first-order valence-corrected chi connectivity index (χ1v) is 7.83. The number of Topliss-reactive ketones (excluding diaryl/α,β-unsaturated/α-hetero) is 1. The van der Waals surface area contributed by atoms with Gasteiger partial charge in [0.25, 0.3) is 0 Å². The minimum Gasteiger partial charge on any atom is -0.444 e. The lowest BCUT2D eigenvalue weighted by atomic mass is 10.1. The fourth-order valence-electron chi connectivity index (χ4n) is 1.74. The Hall–Kier alpha value is -1.36. The summed E-state index contributed by atoms with van der Waals surface area (Å²) in [7, 11) is 0. The van der Waals surface area contributed by atoms with Crippen molar-refractivity contribution < 1.29 is 14.3 Å². The molecular weight excluding hydrogens is 334 g/mol. The molecule has 1 aromatic carbocycles. The number of amides is 1. The zero-order chi connectivity index (χ0) is 15.9. The lowest BCUT2D eigenvalue weighted by molar-refractivity contribution is 0.0527. The second kappa shape index (κ2) is 8.17. The number of nitrogens with one attached hydrogen (secondary N) is 1. The summed E-state index contributed by atoms with van der Waals surface area (Å²) in [5, 5.41) is 2.68. The van der Waals surface area contributed by atoms with Gasteiger partial charge >= 0.3 is 6.09 Å². The van der Waals surface area contributed by atoms with Crippen LogP contribution in [0.15, 0.2) is 28.7 Å². The highest BCUT2D eigenvalue weighted by Gasteiger charge is 2.15. The molecule has 1 rings (SSSR count). The minimum absolute atomic E-state index is 0.111. The summed E-state index contributed by atoms with van der Waals surface area (Å²) in [6.07, 6.45) is 1.53. The first-order chi connectivity index (χ1) is 9.79. The minimum atomic E-state index is -0.486. The molecule has 1 N–H and O–H groups in total. The number of ether oxygens (including phenoxy) is 1. The lowest BCUT2D eigenvalue weighted by Crippen LogP contribution is -2.33. The van der Waals surface area contributed by atoms with Crippen LogP contribution in [-0.4, -0.2) is 24.0 Å². The van der Waals surface area contributed by atoms with Gasteiger partial charge in [-0.25, -0.2) is 4.79 Å². The Balaban J connectivity index is 2.22. The third-order valence-corrected chi connectivity index (χ3v) is 3.36. The molecule has 0 aliphatic heterocycles. The molecule has 0 atom stereocenters. The number of carbonyl (C=O) groups excluding carboxylic acids is 2. The van der Waals surface area contributed by atoms with Crippen LogP contribution in [-0.2, 0) is 4.74 Å². The third kappa shape index (κ3) is 7.27. The van der Waals surface area contributed by atoms with Crippen LogP contribution in [0.3, 0.4) is 0 Å². The average Bonchev–Trinajstić information content (AvgIpc) is 2.36. The SMILES string of the molecule is CC(C)(C)OC(=O)NCCCCC(=O)c1ccccc1Br. The van der Waals surface area contributed by atoms with Crippen LogP contribution >= 0.6 is 15.9 Å². The fourth-order valence-corrected chi connectivity index (χ4v) is 2.24. The summed E-state index contributed by atoms with van der Waals surface area (Å²) >= 11 is 3.37. The van der Waals surface area contributed by atoms with Crippen molar-refractivity contribution in [2.75, 3.05) is 6.54 Å². The quantitative estimate of drug-likeness (QED) is 0.610. The van der Waals surface area contributed by atoms with Crippen LogP contribution in [0.1, 0.15) is 50.4 Å². The highest BCUT2D eigenvalue weighted by atomic mass is 79.9. The van der Waals surface area contributed by atoms with Gasteiger partial charge in [-0.2, -0.15) is 0 Å². The molecule has 0 aliphatic carbocycles. The highest BCUT2D eigenvalue weighted by molar-refractivity contribution is 9.10. The van der Waals surface area contributed by atoms with Crippen molar-refractivity contribution in [2.45, 2.75) is 45.6 Å². The Morgan fingerprint density at radius 2 is 1.86 bits per heavy atom. The van der Waals surface area contributed by atoms with E-state index in [-0.39, 0.29) is 5.78 Å². The zero-order valence-electron chi connectivity index (χ0n) is 12.7. The van der Waals surface area contributed by atoms with Crippen LogP contribution in [0.5, 0.6) is 0 Å². The number of unbranched alkanes of at least 4 members (excludes halogenated alkanes) is 1. The largest absolute Gasteiger partial charge is 0.444 e. The number of halogens is 1. The molecule has 116 valence electrons. The molecule has 0 aliphatic rings. The fraction of sp³-hybridized carbons (Fsp3) is 0.500. The van der Waals surface area contributed by atoms with E-state index < -0.39 is 11.7 Å². The number of ketones is 1. The van der Waals surface area contributed by atoms with Crippen LogP contribution < -0.4 is 5.32 Å². The molecular formula is C16H22BrNO3. The standard InChI is InChI=1S/C16H22BrNO3/c1-16(2,3)21-15(20)18-11-7-6-10-14(19)12-8-4-5-9-13(12)17/h4-5,8-9H,6-7,10-11H2,1-3H3,(H,18,20). The predicted octanol–water partition coefficient (Wildman–Crippen LogP) is 4.33. The molecule has 5 heteroatoms. The molecule has 1 amide bonds. The molecule has 0 saturated heterocycles. The van der Waals surface area contributed by atoms with E-state index in [9.17, 15) is 9.59 Å². The third-order valence-electron chi connectivity index (χ3n) is 2.67. The van der Waals surface area contributed by atoms with Crippen molar-refractivity contribution in [1.29, 1.82) is 0 Å². The summed E-state index contributed by atoms with van der Waals surface area (Å²) in [5.41, 5.74) is 0.220. The monoisotopic (exact) mass is 355 g/mol. The first kappa shape index (κ1) is 17.7. The summed E-state index contributed by atoms with van der Waals surface area (Å²) < 4.78 is 5.95. The second-order valence-corrected chi connectivity index (χ2v) is 6.64. The van der Waals surface area contributed by atoms with E-state index >= 15 is 0 Å². The van der Waals surface area contributed by atoms with Gasteiger partial charge in [0.1, 0.15) is 5.60 Å². The predicted molar refractivity (Wildman–Crippen MR) is 86.6 cm³/mol. The first-order valence-electron chi connectivity index (χ1n) is 7.04. The van der Waals surface area contributed by atoms with Gasteiger partial charge < -0.3 is 10.1 Å². The van der Waals surface area contributed by atoms with Gasteiger partial charge in [-0.15, -0.1) is 0 Å². The lowest BCUT2D eigenvalue weighted by Gasteiger charge is -2.19. The molecule has 4 nitrogen and oxygen atoms in total. The Kier molecular flexibility index (Phi) is 6.89. The summed E-state index contributed by atoms with van der Waals surface area (Å²) in [4.78, 5) is 23.4. The molecule has 0 unspecified atom stereocenters. The van der Waals surface area contributed by atoms with Gasteiger partial charge in [0.2, 0.25) is 0 Å². The summed E-state index contributed by atoms with van der Waals surface area (Å²) in [6, 6.07) is 7.40. The van der Waals surface area contributed by atoms with Crippen molar-refractivity contribution in [2.24, 2.45) is 0 Å². The molecule has 0 fully saturated rings. The van der Waals surface area contributed by atoms with Crippen LogP contribution in [0.25, 0.3) is 0 Å². The number of rotatable bonds is 6. The van der Waals surface area contributed by atoms with Crippen molar-refractivity contribution in [3.63, 3.8) is 0 Å². The number of hydrogen-bond acceptors (Lipinski definition) is 3. The number of alkyl carbamates (subject to hydrolysis) is 1. The van der Waals surface area contributed by atoms with Crippen molar-refractivity contribution in [3.05, 3.63) is 34.3 Å². The van der Waals surface area contributed by atoms with Crippen molar-refractivity contribution in [3.8, 4) is 0 Å². The van der Waals surface area contributed by atoms with E-state index in [1.54, 1.807) is 0 Å². The van der Waals surface area contributed by atoms with E-state index in [1.165, 1.54) is 0 Å². The zero-order valence-corrected chi connectivity index (χ0v) is 14.3. The van der Waals surface area contributed by atoms with E-state index in [0.717, 1.165) is 17.3 Å². The molecule has 0 radical (unpaired) electrons. The van der Waals surface area contributed by atoms with Crippen LogP contribution in [0.4, 0.5) is 4.79 Å². The molecule has 0 spiro atoms. The number of carbonyl (C=O) groups is 2. The van der Waals surface area contributed by atoms with Gasteiger partial charge in [-0.1, -0.05) is 34.1 Å². The van der Waals surface area contributed by atoms with E-state index in [1.807, 2.05) is 45.0 Å². The van der Waals surface area contributed by atoms with Gasteiger partial charge in [0.15, 0.2) is 5.78 Å². The van der Waals surface area contributed by atoms with Crippen LogP contribution in [0, 0.1) is 0 Å². The van der Waals surface area contributed by atoms with Crippen molar-refractivity contribution in [1.82, 2.24) is 5.32 Å².